The lowest BCUT2D eigenvalue weighted by Crippen LogP contribution is -2.12. The van der Waals surface area contributed by atoms with E-state index in [-0.39, 0.29) is 17.8 Å². The summed E-state index contributed by atoms with van der Waals surface area (Å²) in [5, 5.41) is 1.99. The van der Waals surface area contributed by atoms with Gasteiger partial charge in [0.05, 0.1) is 6.67 Å². The van der Waals surface area contributed by atoms with E-state index in [2.05, 4.69) is 15.0 Å². The molecule has 3 N–H and O–H groups in total. The van der Waals surface area contributed by atoms with E-state index in [1.54, 1.807) is 0 Å². The zero-order valence-corrected chi connectivity index (χ0v) is 11.2. The van der Waals surface area contributed by atoms with E-state index in [4.69, 9.17) is 5.73 Å². The Labute approximate surface area is 121 Å². The number of benzene rings is 1. The third-order valence-corrected chi connectivity index (χ3v) is 2.69. The van der Waals surface area contributed by atoms with E-state index in [1.165, 1.54) is 6.92 Å². The molecule has 2 rings (SSSR count). The summed E-state index contributed by atoms with van der Waals surface area (Å²) in [6, 6.07) is 0.0637. The van der Waals surface area contributed by atoms with Gasteiger partial charge in [-0.3, -0.25) is 4.39 Å². The summed E-state index contributed by atoms with van der Waals surface area (Å²) in [6.07, 6.45) is 0. The lowest BCUT2D eigenvalue weighted by molar-refractivity contribution is 0.436. The van der Waals surface area contributed by atoms with Crippen LogP contribution in [0.5, 0.6) is 0 Å². The first-order valence-corrected chi connectivity index (χ1v) is 6.01. The minimum atomic E-state index is -1.65. The van der Waals surface area contributed by atoms with Crippen molar-refractivity contribution in [1.82, 2.24) is 15.0 Å². The van der Waals surface area contributed by atoms with Gasteiger partial charge in [-0.2, -0.15) is 15.0 Å². The van der Waals surface area contributed by atoms with E-state index < -0.39 is 47.5 Å². The molecule has 0 bridgehead atoms. The Balaban J connectivity index is 2.46. The van der Waals surface area contributed by atoms with Crippen molar-refractivity contribution in [2.24, 2.45) is 0 Å². The normalized spacial score (nSPS) is 12.3. The quantitative estimate of drug-likeness (QED) is 0.669. The zero-order chi connectivity index (χ0) is 16.4. The van der Waals surface area contributed by atoms with Gasteiger partial charge in [0.15, 0.2) is 23.3 Å². The van der Waals surface area contributed by atoms with Crippen LogP contribution in [0.1, 0.15) is 18.7 Å². The highest BCUT2D eigenvalue weighted by Crippen LogP contribution is 2.26. The Morgan fingerprint density at radius 2 is 1.68 bits per heavy atom. The molecule has 0 aliphatic carbocycles. The summed E-state index contributed by atoms with van der Waals surface area (Å²) < 4.78 is 65.9. The molecule has 10 heteroatoms. The number of hydrogen-bond donors (Lipinski definition) is 2. The molecule has 0 amide bonds. The molecule has 1 unspecified atom stereocenters. The maximum Gasteiger partial charge on any atom is 0.232 e. The van der Waals surface area contributed by atoms with Crippen molar-refractivity contribution in [3.8, 4) is 0 Å². The standard InChI is InChI=1S/C12H10F5N5/c1-4(3-13)10-20-11(18)22-12(21-10)19-9-7(16)5(14)2-6(15)8(9)17/h2,4H,3H2,1H3,(H3,18,19,20,21,22). The highest BCUT2D eigenvalue weighted by atomic mass is 19.2. The second-order valence-electron chi connectivity index (χ2n) is 4.40. The molecule has 0 saturated heterocycles. The third kappa shape index (κ3) is 3.05. The first-order valence-electron chi connectivity index (χ1n) is 6.01. The summed E-state index contributed by atoms with van der Waals surface area (Å²) in [5.74, 6) is -8.13. The summed E-state index contributed by atoms with van der Waals surface area (Å²) in [4.78, 5) is 10.9. The number of rotatable bonds is 4. The molecule has 0 aliphatic heterocycles. The number of alkyl halides is 1. The molecule has 0 fully saturated rings. The number of nitrogens with one attached hydrogen (secondary N) is 1. The molecule has 1 aromatic carbocycles. The van der Waals surface area contributed by atoms with Crippen molar-refractivity contribution in [2.45, 2.75) is 12.8 Å². The second-order valence-corrected chi connectivity index (χ2v) is 4.40. The maximum absolute atomic E-state index is 13.5. The van der Waals surface area contributed by atoms with Crippen molar-refractivity contribution in [1.29, 1.82) is 0 Å². The highest BCUT2D eigenvalue weighted by molar-refractivity contribution is 5.56. The highest BCUT2D eigenvalue weighted by Gasteiger charge is 2.21. The molecule has 1 atom stereocenters. The minimum Gasteiger partial charge on any atom is -0.368 e. The van der Waals surface area contributed by atoms with Gasteiger partial charge in [-0.1, -0.05) is 6.92 Å². The van der Waals surface area contributed by atoms with Gasteiger partial charge in [0.25, 0.3) is 0 Å². The van der Waals surface area contributed by atoms with E-state index in [9.17, 15) is 22.0 Å². The summed E-state index contributed by atoms with van der Waals surface area (Å²) >= 11 is 0. The Hall–Kier alpha value is -2.52. The molecular weight excluding hydrogens is 309 g/mol. The van der Waals surface area contributed by atoms with Gasteiger partial charge in [-0.25, -0.2) is 17.6 Å². The van der Waals surface area contributed by atoms with Gasteiger partial charge in [-0.15, -0.1) is 0 Å². The van der Waals surface area contributed by atoms with Crippen molar-refractivity contribution in [3.63, 3.8) is 0 Å². The van der Waals surface area contributed by atoms with Crippen molar-refractivity contribution in [2.75, 3.05) is 17.7 Å². The molecule has 5 nitrogen and oxygen atoms in total. The van der Waals surface area contributed by atoms with Crippen LogP contribution in [-0.2, 0) is 0 Å². The number of hydrogen-bond acceptors (Lipinski definition) is 5. The van der Waals surface area contributed by atoms with Crippen LogP contribution in [0.4, 0.5) is 39.5 Å². The van der Waals surface area contributed by atoms with Gasteiger partial charge in [-0.05, 0) is 0 Å². The van der Waals surface area contributed by atoms with Crippen LogP contribution in [0.25, 0.3) is 0 Å². The number of nitrogens with zero attached hydrogens (tertiary/aromatic N) is 3. The lowest BCUT2D eigenvalue weighted by atomic mass is 10.2. The Kier molecular flexibility index (Phi) is 4.38. The third-order valence-electron chi connectivity index (χ3n) is 2.69. The summed E-state index contributed by atoms with van der Waals surface area (Å²) in [5.41, 5.74) is 4.26. The molecule has 22 heavy (non-hydrogen) atoms. The minimum absolute atomic E-state index is 0.0637. The van der Waals surface area contributed by atoms with Gasteiger partial charge in [0, 0.05) is 12.0 Å². The van der Waals surface area contributed by atoms with E-state index >= 15 is 0 Å². The SMILES string of the molecule is CC(CF)c1nc(N)nc(Nc2c(F)c(F)cc(F)c2F)n1. The van der Waals surface area contributed by atoms with Crippen LogP contribution in [0.15, 0.2) is 6.07 Å². The fourth-order valence-electron chi connectivity index (χ4n) is 1.55. The van der Waals surface area contributed by atoms with Crippen LogP contribution in [-0.4, -0.2) is 21.6 Å². The number of nitrogen functional groups attached to an aromatic ring is 1. The predicted molar refractivity (Wildman–Crippen MR) is 68.2 cm³/mol. The monoisotopic (exact) mass is 319 g/mol. The Morgan fingerprint density at radius 3 is 2.23 bits per heavy atom. The smallest absolute Gasteiger partial charge is 0.232 e. The average Bonchev–Trinajstić information content (AvgIpc) is 2.48. The maximum atomic E-state index is 13.5. The van der Waals surface area contributed by atoms with Gasteiger partial charge in [0.1, 0.15) is 11.5 Å². The number of aromatic nitrogens is 3. The molecule has 0 spiro atoms. The number of halogens is 5. The van der Waals surface area contributed by atoms with Crippen LogP contribution in [0, 0.1) is 23.3 Å². The fraction of sp³-hybridized carbons (Fsp3) is 0.250. The topological polar surface area (TPSA) is 76.7 Å². The van der Waals surface area contributed by atoms with E-state index in [1.807, 2.05) is 5.32 Å². The van der Waals surface area contributed by atoms with Gasteiger partial charge < -0.3 is 11.1 Å². The first kappa shape index (κ1) is 15.9. The molecule has 1 heterocycles. The fourth-order valence-corrected chi connectivity index (χ4v) is 1.55. The van der Waals surface area contributed by atoms with Crippen LogP contribution in [0.2, 0.25) is 0 Å². The lowest BCUT2D eigenvalue weighted by Gasteiger charge is -2.11. The van der Waals surface area contributed by atoms with Crippen LogP contribution < -0.4 is 11.1 Å². The molecule has 2 aromatic rings. The molecule has 0 saturated carbocycles. The molecular formula is C12H10F5N5. The molecule has 1 aromatic heterocycles. The van der Waals surface area contributed by atoms with E-state index in [0.717, 1.165) is 0 Å². The zero-order valence-electron chi connectivity index (χ0n) is 11.2. The molecule has 118 valence electrons. The average molecular weight is 319 g/mol. The van der Waals surface area contributed by atoms with Crippen molar-refractivity contribution >= 4 is 17.6 Å². The van der Waals surface area contributed by atoms with Crippen molar-refractivity contribution in [3.05, 3.63) is 35.2 Å². The van der Waals surface area contributed by atoms with Crippen LogP contribution in [0.3, 0.4) is 0 Å². The largest absolute Gasteiger partial charge is 0.368 e. The summed E-state index contributed by atoms with van der Waals surface area (Å²) in [6.45, 7) is 0.641. The molecule has 0 radical (unpaired) electrons. The van der Waals surface area contributed by atoms with E-state index in [0.29, 0.717) is 0 Å². The first-order chi connectivity index (χ1) is 10.3. The van der Waals surface area contributed by atoms with Crippen molar-refractivity contribution < 1.29 is 22.0 Å². The van der Waals surface area contributed by atoms with Gasteiger partial charge in [0.2, 0.25) is 11.9 Å². The number of anilines is 3. The summed E-state index contributed by atoms with van der Waals surface area (Å²) in [7, 11) is 0. The van der Waals surface area contributed by atoms with Gasteiger partial charge >= 0.3 is 0 Å². The predicted octanol–water partition coefficient (Wildman–Crippen LogP) is 2.83. The van der Waals surface area contributed by atoms with Crippen LogP contribution >= 0.6 is 0 Å². The number of nitrogens with two attached hydrogens (primary N) is 1. The Morgan fingerprint density at radius 1 is 1.09 bits per heavy atom. The molecule has 0 aliphatic rings. The Bertz CT molecular complexity index is 683. The second kappa shape index (κ2) is 6.08.